The van der Waals surface area contributed by atoms with Crippen LogP contribution in [0.2, 0.25) is 0 Å². The average molecular weight is 254 g/mol. The quantitative estimate of drug-likeness (QED) is 0.442. The Hall–Kier alpha value is 1.21. The molecule has 0 heterocycles. The van der Waals surface area contributed by atoms with Crippen molar-refractivity contribution < 1.29 is 59.3 Å². The Balaban J connectivity index is -0.0000000800. The molecule has 7 heavy (non-hydrogen) atoms. The number of hydrogen-bond acceptors (Lipinski definition) is 4. The number of hydrogen-bond donors (Lipinski definition) is 1. The van der Waals surface area contributed by atoms with Crippen LogP contribution in [0.15, 0.2) is 0 Å². The van der Waals surface area contributed by atoms with Gasteiger partial charge in [-0.3, -0.25) is 8.42 Å². The summed E-state index contributed by atoms with van der Waals surface area (Å²) in [5.41, 5.74) is 0. The van der Waals surface area contributed by atoms with E-state index in [2.05, 4.69) is 0 Å². The van der Waals surface area contributed by atoms with Crippen LogP contribution in [0.1, 0.15) is 0 Å². The predicted molar refractivity (Wildman–Crippen MR) is 16.5 cm³/mol. The van der Waals surface area contributed by atoms with E-state index in [1.165, 1.54) is 0 Å². The van der Waals surface area contributed by atoms with E-state index in [0.29, 0.717) is 0 Å². The van der Waals surface area contributed by atoms with E-state index in [0.717, 1.165) is 0 Å². The maximum absolute atomic E-state index is 8.52. The molecule has 0 bridgehead atoms. The van der Waals surface area contributed by atoms with Crippen molar-refractivity contribution in [1.29, 1.82) is 0 Å². The van der Waals surface area contributed by atoms with Crippen LogP contribution in [-0.2, 0) is 10.4 Å². The predicted octanol–water partition coefficient (Wildman–Crippen LogP) is -0.962. The van der Waals surface area contributed by atoms with Crippen molar-refractivity contribution in [3.05, 3.63) is 0 Å². The summed E-state index contributed by atoms with van der Waals surface area (Å²) in [6.45, 7) is 0. The van der Waals surface area contributed by atoms with Gasteiger partial charge in [-0.2, -0.15) is 0 Å². The van der Waals surface area contributed by atoms with E-state index < -0.39 is 10.4 Å². The van der Waals surface area contributed by atoms with Gasteiger partial charge in [0.1, 0.15) is 0 Å². The third kappa shape index (κ3) is 134. The van der Waals surface area contributed by atoms with Gasteiger partial charge in [-0.05, 0) is 0 Å². The molecule has 0 unspecified atom stereocenters. The summed E-state index contributed by atoms with van der Waals surface area (Å²) in [6.07, 6.45) is 0. The van der Waals surface area contributed by atoms with Crippen LogP contribution >= 0.6 is 0 Å². The molecule has 0 aromatic carbocycles. The van der Waals surface area contributed by atoms with Gasteiger partial charge in [0.2, 0.25) is 0 Å². The maximum Gasteiger partial charge on any atom is 0.0311 e. The van der Waals surface area contributed by atoms with Gasteiger partial charge in [0.25, 0.3) is 0 Å². The number of rotatable bonds is 0. The second kappa shape index (κ2) is 5.35. The fourth-order valence-corrected chi connectivity index (χ4v) is 0. The van der Waals surface area contributed by atoms with Gasteiger partial charge in [-0.15, -0.1) is 0 Å². The molecule has 0 rings (SSSR count). The van der Waals surface area contributed by atoms with Crippen LogP contribution in [0.4, 0.5) is 0 Å². The summed E-state index contributed by atoms with van der Waals surface area (Å²) in [5.74, 6) is 0. The zero-order valence-corrected chi connectivity index (χ0v) is 7.50. The van der Waals surface area contributed by atoms with E-state index in [1.54, 1.807) is 0 Å². The van der Waals surface area contributed by atoms with E-state index in [-0.39, 0.29) is 47.9 Å². The minimum atomic E-state index is -5.17. The van der Waals surface area contributed by atoms with Crippen molar-refractivity contribution in [3.8, 4) is 0 Å². The fourth-order valence-electron chi connectivity index (χ4n) is 0. The molecule has 0 aliphatic rings. The second-order valence-corrected chi connectivity index (χ2v) is 1.22. The van der Waals surface area contributed by atoms with Crippen molar-refractivity contribution in [2.45, 2.75) is 0 Å². The van der Waals surface area contributed by atoms with Crippen LogP contribution in [0.5, 0.6) is 0 Å². The average Bonchev–Trinajstić information content (AvgIpc) is 0.722. The Labute approximate surface area is 75.0 Å². The van der Waals surface area contributed by atoms with Gasteiger partial charge in [0.15, 0.2) is 0 Å². The molecule has 5 nitrogen and oxygen atoms in total. The first kappa shape index (κ1) is 15.7. The monoisotopic (exact) mass is 254 g/mol. The Kier molecular flexibility index (Phi) is 12.0. The van der Waals surface area contributed by atoms with Crippen molar-refractivity contribution in [3.63, 3.8) is 0 Å². The maximum atomic E-state index is 8.52. The molecule has 0 atom stereocenters. The van der Waals surface area contributed by atoms with Crippen LogP contribution < -0.4 is 6.15 Å². The van der Waals surface area contributed by atoms with Crippen molar-refractivity contribution >= 4 is 10.4 Å². The Morgan fingerprint density at radius 3 is 1.14 bits per heavy atom. The molecule has 0 aromatic rings. The second-order valence-electron chi connectivity index (χ2n) is 0.408. The molecule has 0 amide bonds. The van der Waals surface area contributed by atoms with Crippen LogP contribution in [0, 0.1) is 41.7 Å². The SMILES string of the molecule is O=S(=O)([O-])[O-].[Ce].[NH4+]. The fraction of sp³-hybridized carbons (Fsp3) is 0. The first-order valence-electron chi connectivity index (χ1n) is 0.667. The van der Waals surface area contributed by atoms with Gasteiger partial charge in [0, 0.05) is 52.1 Å². The molecular formula is H4CeNO4S-. The van der Waals surface area contributed by atoms with Crippen LogP contribution in [-0.4, -0.2) is 17.5 Å². The van der Waals surface area contributed by atoms with Gasteiger partial charge in [-0.25, -0.2) is 0 Å². The van der Waals surface area contributed by atoms with Crippen LogP contribution in [0.3, 0.4) is 0 Å². The Bertz CT molecular complexity index is 94.9. The molecule has 0 radical (unpaired) electrons. The van der Waals surface area contributed by atoms with E-state index in [1.807, 2.05) is 0 Å². The van der Waals surface area contributed by atoms with E-state index in [4.69, 9.17) is 17.5 Å². The van der Waals surface area contributed by atoms with Crippen LogP contribution in [0.25, 0.3) is 0 Å². The van der Waals surface area contributed by atoms with Crippen molar-refractivity contribution in [2.75, 3.05) is 0 Å². The normalized spacial score (nSPS) is 8.29. The first-order valence-corrected chi connectivity index (χ1v) is 2.00. The van der Waals surface area contributed by atoms with E-state index in [9.17, 15) is 0 Å². The first-order chi connectivity index (χ1) is 2.00. The van der Waals surface area contributed by atoms with Gasteiger partial charge in [0.05, 0.1) is 0 Å². The zero-order valence-electron chi connectivity index (χ0n) is 3.54. The molecule has 4 N–H and O–H groups in total. The summed E-state index contributed by atoms with van der Waals surface area (Å²) in [4.78, 5) is 0. The smallest absolute Gasteiger partial charge is 0.0311 e. The van der Waals surface area contributed by atoms with Gasteiger partial charge < -0.3 is 15.3 Å². The van der Waals surface area contributed by atoms with Crippen molar-refractivity contribution in [2.24, 2.45) is 0 Å². The summed E-state index contributed by atoms with van der Waals surface area (Å²) in [5, 5.41) is 0. The summed E-state index contributed by atoms with van der Waals surface area (Å²) < 4.78 is 34.1. The molecule has 0 spiro atoms. The molecule has 0 aliphatic carbocycles. The molecule has 0 saturated heterocycles. The molecule has 7 heteroatoms. The minimum Gasteiger partial charge on any atom is -0.759 e. The number of quaternary nitrogens is 1. The van der Waals surface area contributed by atoms with E-state index >= 15 is 0 Å². The summed E-state index contributed by atoms with van der Waals surface area (Å²) in [6, 6.07) is 0. The largest absolute Gasteiger partial charge is 0.759 e. The molecule has 0 aliphatic heterocycles. The van der Waals surface area contributed by atoms with Gasteiger partial charge in [-0.1, -0.05) is 0 Å². The van der Waals surface area contributed by atoms with Gasteiger partial charge >= 0.3 is 0 Å². The Morgan fingerprint density at radius 1 is 1.14 bits per heavy atom. The zero-order chi connectivity index (χ0) is 4.50. The molecule has 0 aromatic heterocycles. The molecule has 44 valence electrons. The molecular weight excluding hydrogens is 250 g/mol. The molecule has 0 fully saturated rings. The topological polar surface area (TPSA) is 117 Å². The summed E-state index contributed by atoms with van der Waals surface area (Å²) in [7, 11) is -5.17. The minimum absolute atomic E-state index is 0. The standard InChI is InChI=1S/Ce.H3N.H2O4S/c;;1-5(2,3)4/h;1H3;(H2,1,2,3,4)/p-1. The van der Waals surface area contributed by atoms with Crippen molar-refractivity contribution in [1.82, 2.24) is 6.15 Å². The Morgan fingerprint density at radius 2 is 1.14 bits per heavy atom. The third-order valence-corrected chi connectivity index (χ3v) is 0. The molecule has 0 saturated carbocycles. The summed E-state index contributed by atoms with van der Waals surface area (Å²) >= 11 is 0. The third-order valence-electron chi connectivity index (χ3n) is 0.